The van der Waals surface area contributed by atoms with Crippen molar-refractivity contribution >= 4 is 39.9 Å². The molecule has 3 nitrogen and oxygen atoms in total. The summed E-state index contributed by atoms with van der Waals surface area (Å²) in [6, 6.07) is 7.69. The van der Waals surface area contributed by atoms with Gasteiger partial charge in [0.1, 0.15) is 0 Å². The van der Waals surface area contributed by atoms with E-state index in [-0.39, 0.29) is 5.78 Å². The Bertz CT molecular complexity index is 634. The van der Waals surface area contributed by atoms with E-state index in [9.17, 15) is 4.79 Å². The van der Waals surface area contributed by atoms with Crippen molar-refractivity contribution in [3.05, 3.63) is 52.0 Å². The standard InChI is InChI=1S/C15H15ClN2OS/c1-10(2)18-15-17-9-14(20-15)13(19)8-7-11-5-3-4-6-12(11)16/h3-10H,1-2H3,(H,17,18)/b8-7+. The third-order valence-corrected chi connectivity index (χ3v) is 3.77. The second-order valence-electron chi connectivity index (χ2n) is 4.55. The summed E-state index contributed by atoms with van der Waals surface area (Å²) in [5.41, 5.74) is 0.826. The van der Waals surface area contributed by atoms with Crippen molar-refractivity contribution in [2.45, 2.75) is 19.9 Å². The van der Waals surface area contributed by atoms with Gasteiger partial charge in [0.05, 0.1) is 11.1 Å². The van der Waals surface area contributed by atoms with E-state index in [0.717, 1.165) is 10.7 Å². The van der Waals surface area contributed by atoms with Gasteiger partial charge in [-0.25, -0.2) is 4.98 Å². The maximum atomic E-state index is 12.0. The Kier molecular flexibility index (Phi) is 4.93. The molecule has 2 aromatic rings. The summed E-state index contributed by atoms with van der Waals surface area (Å²) in [6.45, 7) is 4.06. The first-order valence-corrected chi connectivity index (χ1v) is 7.45. The molecule has 0 aliphatic rings. The Hall–Kier alpha value is -1.65. The molecule has 5 heteroatoms. The number of carbonyl (C=O) groups excluding carboxylic acids is 1. The maximum absolute atomic E-state index is 12.0. The van der Waals surface area contributed by atoms with E-state index in [1.54, 1.807) is 18.3 Å². The number of allylic oxidation sites excluding steroid dienone is 1. The van der Waals surface area contributed by atoms with Crippen molar-refractivity contribution < 1.29 is 4.79 Å². The summed E-state index contributed by atoms with van der Waals surface area (Å²) in [6.07, 6.45) is 4.84. The van der Waals surface area contributed by atoms with E-state index in [1.807, 2.05) is 32.0 Å². The lowest BCUT2D eigenvalue weighted by molar-refractivity contribution is 0.105. The monoisotopic (exact) mass is 306 g/mol. The minimum atomic E-state index is -0.0702. The summed E-state index contributed by atoms with van der Waals surface area (Å²) >= 11 is 7.39. The molecule has 1 aromatic heterocycles. The quantitative estimate of drug-likeness (QED) is 0.652. The molecule has 0 atom stereocenters. The predicted molar refractivity (Wildman–Crippen MR) is 85.7 cm³/mol. The van der Waals surface area contributed by atoms with Gasteiger partial charge in [0.25, 0.3) is 0 Å². The first-order chi connectivity index (χ1) is 9.56. The van der Waals surface area contributed by atoms with Crippen LogP contribution in [0, 0.1) is 0 Å². The van der Waals surface area contributed by atoms with E-state index in [1.165, 1.54) is 17.4 Å². The lowest BCUT2D eigenvalue weighted by Gasteiger charge is -2.03. The molecule has 2 rings (SSSR count). The molecule has 104 valence electrons. The highest BCUT2D eigenvalue weighted by molar-refractivity contribution is 7.17. The number of ketones is 1. The Morgan fingerprint density at radius 3 is 2.85 bits per heavy atom. The molecule has 1 heterocycles. The van der Waals surface area contributed by atoms with Crippen molar-refractivity contribution in [2.75, 3.05) is 5.32 Å². The molecule has 0 aliphatic carbocycles. The zero-order valence-corrected chi connectivity index (χ0v) is 12.8. The van der Waals surface area contributed by atoms with Crippen LogP contribution in [0.3, 0.4) is 0 Å². The molecule has 0 saturated carbocycles. The molecular formula is C15H15ClN2OS. The van der Waals surface area contributed by atoms with Crippen LogP contribution in [0.15, 0.2) is 36.5 Å². The van der Waals surface area contributed by atoms with E-state index >= 15 is 0 Å². The van der Waals surface area contributed by atoms with Crippen LogP contribution < -0.4 is 5.32 Å². The lowest BCUT2D eigenvalue weighted by atomic mass is 10.2. The highest BCUT2D eigenvalue weighted by Gasteiger charge is 2.08. The fourth-order valence-electron chi connectivity index (χ4n) is 1.56. The highest BCUT2D eigenvalue weighted by atomic mass is 35.5. The third-order valence-electron chi connectivity index (χ3n) is 2.48. The number of benzene rings is 1. The summed E-state index contributed by atoms with van der Waals surface area (Å²) in [5, 5.41) is 4.56. The lowest BCUT2D eigenvalue weighted by Crippen LogP contribution is -2.08. The van der Waals surface area contributed by atoms with Gasteiger partial charge in [-0.05, 0) is 37.6 Å². The van der Waals surface area contributed by atoms with Crippen LogP contribution >= 0.6 is 22.9 Å². The van der Waals surface area contributed by atoms with Gasteiger partial charge in [-0.3, -0.25) is 4.79 Å². The van der Waals surface area contributed by atoms with E-state index in [2.05, 4.69) is 10.3 Å². The zero-order valence-electron chi connectivity index (χ0n) is 11.3. The van der Waals surface area contributed by atoms with Gasteiger partial charge < -0.3 is 5.32 Å². The number of thiazole rings is 1. The number of anilines is 1. The number of aromatic nitrogens is 1. The number of halogens is 1. The van der Waals surface area contributed by atoms with Crippen LogP contribution in [-0.4, -0.2) is 16.8 Å². The predicted octanol–water partition coefficient (Wildman–Crippen LogP) is 4.51. The van der Waals surface area contributed by atoms with Gasteiger partial charge in [-0.1, -0.05) is 41.1 Å². The molecule has 0 spiro atoms. The number of hydrogen-bond acceptors (Lipinski definition) is 4. The second kappa shape index (κ2) is 6.68. The van der Waals surface area contributed by atoms with Gasteiger partial charge in [-0.15, -0.1) is 0 Å². The third kappa shape index (κ3) is 3.92. The van der Waals surface area contributed by atoms with Crippen LogP contribution in [0.4, 0.5) is 5.13 Å². The van der Waals surface area contributed by atoms with E-state index in [4.69, 9.17) is 11.6 Å². The van der Waals surface area contributed by atoms with Crippen molar-refractivity contribution in [3.8, 4) is 0 Å². The fourth-order valence-corrected chi connectivity index (χ4v) is 2.64. The number of rotatable bonds is 5. The minimum Gasteiger partial charge on any atom is -0.359 e. The van der Waals surface area contributed by atoms with Crippen LogP contribution in [0.25, 0.3) is 6.08 Å². The maximum Gasteiger partial charge on any atom is 0.197 e. The fraction of sp³-hybridized carbons (Fsp3) is 0.200. The van der Waals surface area contributed by atoms with Crippen LogP contribution in [0.5, 0.6) is 0 Å². The molecule has 20 heavy (non-hydrogen) atoms. The van der Waals surface area contributed by atoms with Gasteiger partial charge >= 0.3 is 0 Å². The van der Waals surface area contributed by atoms with Crippen molar-refractivity contribution in [1.82, 2.24) is 4.98 Å². The van der Waals surface area contributed by atoms with Crippen molar-refractivity contribution in [2.24, 2.45) is 0 Å². The highest BCUT2D eigenvalue weighted by Crippen LogP contribution is 2.21. The van der Waals surface area contributed by atoms with E-state index in [0.29, 0.717) is 15.9 Å². The second-order valence-corrected chi connectivity index (χ2v) is 5.99. The Balaban J connectivity index is 2.08. The van der Waals surface area contributed by atoms with Crippen molar-refractivity contribution in [3.63, 3.8) is 0 Å². The number of hydrogen-bond donors (Lipinski definition) is 1. The van der Waals surface area contributed by atoms with Crippen LogP contribution in [-0.2, 0) is 0 Å². The average Bonchev–Trinajstić information content (AvgIpc) is 2.85. The van der Waals surface area contributed by atoms with Crippen molar-refractivity contribution in [1.29, 1.82) is 0 Å². The molecule has 1 aromatic carbocycles. The first-order valence-electron chi connectivity index (χ1n) is 6.25. The molecule has 0 amide bonds. The average molecular weight is 307 g/mol. The Morgan fingerprint density at radius 2 is 2.15 bits per heavy atom. The molecule has 0 aliphatic heterocycles. The largest absolute Gasteiger partial charge is 0.359 e. The molecular weight excluding hydrogens is 292 g/mol. The van der Waals surface area contributed by atoms with Gasteiger partial charge in [0.2, 0.25) is 0 Å². The Labute approximate surface area is 127 Å². The molecule has 1 N–H and O–H groups in total. The molecule has 0 bridgehead atoms. The molecule has 0 radical (unpaired) electrons. The number of carbonyl (C=O) groups is 1. The summed E-state index contributed by atoms with van der Waals surface area (Å²) < 4.78 is 0. The van der Waals surface area contributed by atoms with Gasteiger partial charge in [0.15, 0.2) is 10.9 Å². The summed E-state index contributed by atoms with van der Waals surface area (Å²) in [7, 11) is 0. The van der Waals surface area contributed by atoms with Crippen LogP contribution in [0.1, 0.15) is 29.1 Å². The number of nitrogens with one attached hydrogen (secondary N) is 1. The van der Waals surface area contributed by atoms with E-state index < -0.39 is 0 Å². The minimum absolute atomic E-state index is 0.0702. The van der Waals surface area contributed by atoms with Gasteiger partial charge in [-0.2, -0.15) is 0 Å². The zero-order chi connectivity index (χ0) is 14.5. The normalized spacial score (nSPS) is 11.2. The molecule has 0 saturated heterocycles. The summed E-state index contributed by atoms with van der Waals surface area (Å²) in [5.74, 6) is -0.0702. The topological polar surface area (TPSA) is 42.0 Å². The smallest absolute Gasteiger partial charge is 0.197 e. The number of nitrogens with zero attached hydrogens (tertiary/aromatic N) is 1. The molecule has 0 unspecified atom stereocenters. The molecule has 0 fully saturated rings. The first kappa shape index (κ1) is 14.8. The summed E-state index contributed by atoms with van der Waals surface area (Å²) in [4.78, 5) is 16.8. The van der Waals surface area contributed by atoms with Crippen LogP contribution in [0.2, 0.25) is 5.02 Å². The Morgan fingerprint density at radius 1 is 1.40 bits per heavy atom. The SMILES string of the molecule is CC(C)Nc1ncc(C(=O)/C=C/c2ccccc2Cl)s1. The van der Waals surface area contributed by atoms with Gasteiger partial charge in [0, 0.05) is 11.1 Å².